The predicted octanol–water partition coefficient (Wildman–Crippen LogP) is 2.32. The highest BCUT2D eigenvalue weighted by atomic mass is 16.6. The van der Waals surface area contributed by atoms with E-state index in [0.29, 0.717) is 25.1 Å². The number of nitrogens with one attached hydrogen (secondary N) is 2. The van der Waals surface area contributed by atoms with Crippen molar-refractivity contribution < 1.29 is 19.0 Å². The van der Waals surface area contributed by atoms with E-state index in [4.69, 9.17) is 14.2 Å². The van der Waals surface area contributed by atoms with Crippen molar-refractivity contribution in [2.75, 3.05) is 40.0 Å². The molecule has 1 amide bonds. The molecule has 0 aromatic rings. The zero-order valence-electron chi connectivity index (χ0n) is 15.2. The van der Waals surface area contributed by atoms with Crippen LogP contribution in [0.15, 0.2) is 0 Å². The molecule has 2 unspecified atom stereocenters. The lowest BCUT2D eigenvalue weighted by Crippen LogP contribution is -2.36. The molecule has 1 fully saturated rings. The summed E-state index contributed by atoms with van der Waals surface area (Å²) in [6.45, 7) is 9.68. The van der Waals surface area contributed by atoms with Gasteiger partial charge in [-0.1, -0.05) is 0 Å². The van der Waals surface area contributed by atoms with E-state index in [9.17, 15) is 4.79 Å². The maximum absolute atomic E-state index is 11.6. The highest BCUT2D eigenvalue weighted by Gasteiger charge is 2.17. The predicted molar refractivity (Wildman–Crippen MR) is 90.7 cm³/mol. The molecule has 1 saturated heterocycles. The molecule has 0 aliphatic carbocycles. The summed E-state index contributed by atoms with van der Waals surface area (Å²) in [5.74, 6) is 0.694. The molecule has 6 heteroatoms. The number of amides is 1. The first-order chi connectivity index (χ1) is 10.9. The van der Waals surface area contributed by atoms with Crippen molar-refractivity contribution in [1.29, 1.82) is 0 Å². The molecule has 0 spiro atoms. The van der Waals surface area contributed by atoms with Gasteiger partial charge in [0.15, 0.2) is 0 Å². The van der Waals surface area contributed by atoms with Gasteiger partial charge in [0.1, 0.15) is 5.60 Å². The smallest absolute Gasteiger partial charge is 0.407 e. The Bertz CT molecular complexity index is 325. The molecule has 2 N–H and O–H groups in total. The third-order valence-electron chi connectivity index (χ3n) is 3.78. The molecule has 1 aliphatic rings. The molecule has 0 aromatic carbocycles. The van der Waals surface area contributed by atoms with E-state index in [1.807, 2.05) is 20.8 Å². The number of carbonyl (C=O) groups excluding carboxylic acids is 1. The third kappa shape index (κ3) is 10.5. The molecule has 0 radical (unpaired) electrons. The summed E-state index contributed by atoms with van der Waals surface area (Å²) in [5, 5.41) is 6.34. The zero-order valence-corrected chi connectivity index (χ0v) is 15.2. The van der Waals surface area contributed by atoms with Crippen molar-refractivity contribution in [3.05, 3.63) is 0 Å². The molecule has 0 saturated carbocycles. The van der Waals surface area contributed by atoms with E-state index >= 15 is 0 Å². The van der Waals surface area contributed by atoms with Gasteiger partial charge in [-0.05, 0) is 58.9 Å². The van der Waals surface area contributed by atoms with Crippen molar-refractivity contribution >= 4 is 6.09 Å². The van der Waals surface area contributed by atoms with Crippen molar-refractivity contribution in [3.63, 3.8) is 0 Å². The van der Waals surface area contributed by atoms with Gasteiger partial charge in [0.2, 0.25) is 0 Å². The standard InChI is InChI=1S/C17H34N2O4/c1-17(2,3)23-16(20)19-9-5-6-15(13-21-4)18-10-7-14-8-11-22-12-14/h14-15,18H,5-13H2,1-4H3,(H,19,20). The summed E-state index contributed by atoms with van der Waals surface area (Å²) in [7, 11) is 1.72. The van der Waals surface area contributed by atoms with E-state index in [1.54, 1.807) is 7.11 Å². The van der Waals surface area contributed by atoms with Crippen LogP contribution in [0.3, 0.4) is 0 Å². The molecule has 1 rings (SSSR count). The van der Waals surface area contributed by atoms with Crippen LogP contribution in [-0.2, 0) is 14.2 Å². The van der Waals surface area contributed by atoms with Crippen LogP contribution in [0.5, 0.6) is 0 Å². The van der Waals surface area contributed by atoms with Gasteiger partial charge < -0.3 is 24.8 Å². The molecule has 1 aliphatic heterocycles. The summed E-state index contributed by atoms with van der Waals surface area (Å²) < 4.78 is 15.9. The van der Waals surface area contributed by atoms with E-state index in [1.165, 1.54) is 6.42 Å². The molecule has 2 atom stereocenters. The number of ether oxygens (including phenoxy) is 3. The summed E-state index contributed by atoms with van der Waals surface area (Å²) in [6, 6.07) is 0.322. The van der Waals surface area contributed by atoms with Crippen LogP contribution >= 0.6 is 0 Å². The molecular formula is C17H34N2O4. The highest BCUT2D eigenvalue weighted by molar-refractivity contribution is 5.67. The fourth-order valence-corrected chi connectivity index (χ4v) is 2.60. The average molecular weight is 330 g/mol. The van der Waals surface area contributed by atoms with Crippen LogP contribution in [0.25, 0.3) is 0 Å². The largest absolute Gasteiger partial charge is 0.444 e. The number of hydrogen-bond acceptors (Lipinski definition) is 5. The van der Waals surface area contributed by atoms with Crippen LogP contribution in [-0.4, -0.2) is 57.8 Å². The number of alkyl carbamates (subject to hydrolysis) is 1. The van der Waals surface area contributed by atoms with Crippen molar-refractivity contribution in [2.24, 2.45) is 5.92 Å². The average Bonchev–Trinajstić information content (AvgIpc) is 2.94. The molecule has 0 bridgehead atoms. The highest BCUT2D eigenvalue weighted by Crippen LogP contribution is 2.15. The van der Waals surface area contributed by atoms with E-state index in [-0.39, 0.29) is 6.09 Å². The summed E-state index contributed by atoms with van der Waals surface area (Å²) in [5.41, 5.74) is -0.450. The Hall–Kier alpha value is -0.850. The molecule has 136 valence electrons. The fraction of sp³-hybridized carbons (Fsp3) is 0.941. The molecule has 23 heavy (non-hydrogen) atoms. The van der Waals surface area contributed by atoms with Gasteiger partial charge in [-0.2, -0.15) is 0 Å². The summed E-state index contributed by atoms with van der Waals surface area (Å²) >= 11 is 0. The van der Waals surface area contributed by atoms with Crippen LogP contribution < -0.4 is 10.6 Å². The van der Waals surface area contributed by atoms with Crippen LogP contribution in [0, 0.1) is 5.92 Å². The molecule has 6 nitrogen and oxygen atoms in total. The van der Waals surface area contributed by atoms with Crippen LogP contribution in [0.1, 0.15) is 46.5 Å². The maximum Gasteiger partial charge on any atom is 0.407 e. The zero-order chi connectivity index (χ0) is 17.1. The number of methoxy groups -OCH3 is 1. The Morgan fingerprint density at radius 1 is 1.35 bits per heavy atom. The Morgan fingerprint density at radius 2 is 2.13 bits per heavy atom. The lowest BCUT2D eigenvalue weighted by molar-refractivity contribution is 0.0526. The molecular weight excluding hydrogens is 296 g/mol. The van der Waals surface area contributed by atoms with Crippen LogP contribution in [0.4, 0.5) is 4.79 Å². The van der Waals surface area contributed by atoms with Gasteiger partial charge >= 0.3 is 6.09 Å². The first-order valence-corrected chi connectivity index (χ1v) is 8.67. The topological polar surface area (TPSA) is 68.8 Å². The molecule has 1 heterocycles. The number of rotatable bonds is 10. The van der Waals surface area contributed by atoms with Crippen molar-refractivity contribution in [2.45, 2.75) is 58.1 Å². The minimum Gasteiger partial charge on any atom is -0.444 e. The second kappa shape index (κ2) is 10.8. The molecule has 0 aromatic heterocycles. The summed E-state index contributed by atoms with van der Waals surface area (Å²) in [4.78, 5) is 11.6. The number of hydrogen-bond donors (Lipinski definition) is 2. The van der Waals surface area contributed by atoms with Gasteiger partial charge in [-0.25, -0.2) is 4.79 Å². The van der Waals surface area contributed by atoms with Gasteiger partial charge in [0.05, 0.1) is 6.61 Å². The fourth-order valence-electron chi connectivity index (χ4n) is 2.60. The first kappa shape index (κ1) is 20.2. The van der Waals surface area contributed by atoms with Gasteiger partial charge in [0.25, 0.3) is 0 Å². The number of carbonyl (C=O) groups is 1. The van der Waals surface area contributed by atoms with Gasteiger partial charge in [0, 0.05) is 32.9 Å². The SMILES string of the molecule is COCC(CCCNC(=O)OC(C)(C)C)NCCC1CCOC1. The lowest BCUT2D eigenvalue weighted by atomic mass is 10.0. The van der Waals surface area contributed by atoms with E-state index in [0.717, 1.165) is 39.0 Å². The van der Waals surface area contributed by atoms with Crippen molar-refractivity contribution in [1.82, 2.24) is 10.6 Å². The third-order valence-corrected chi connectivity index (χ3v) is 3.78. The Labute approximate surface area is 140 Å². The minimum atomic E-state index is -0.450. The van der Waals surface area contributed by atoms with E-state index < -0.39 is 5.60 Å². The second-order valence-electron chi connectivity index (χ2n) is 7.20. The first-order valence-electron chi connectivity index (χ1n) is 8.67. The maximum atomic E-state index is 11.6. The lowest BCUT2D eigenvalue weighted by Gasteiger charge is -2.21. The Kier molecular flexibility index (Phi) is 9.52. The Balaban J connectivity index is 2.10. The van der Waals surface area contributed by atoms with E-state index in [2.05, 4.69) is 10.6 Å². The quantitative estimate of drug-likeness (QED) is 0.602. The van der Waals surface area contributed by atoms with Gasteiger partial charge in [-0.3, -0.25) is 0 Å². The van der Waals surface area contributed by atoms with Crippen LogP contribution in [0.2, 0.25) is 0 Å². The Morgan fingerprint density at radius 3 is 2.74 bits per heavy atom. The monoisotopic (exact) mass is 330 g/mol. The minimum absolute atomic E-state index is 0.322. The normalized spacial score (nSPS) is 19.6. The van der Waals surface area contributed by atoms with Crippen molar-refractivity contribution in [3.8, 4) is 0 Å². The summed E-state index contributed by atoms with van der Waals surface area (Å²) in [6.07, 6.45) is 3.83. The second-order valence-corrected chi connectivity index (χ2v) is 7.20. The van der Waals surface area contributed by atoms with Gasteiger partial charge in [-0.15, -0.1) is 0 Å².